The summed E-state index contributed by atoms with van der Waals surface area (Å²) in [6, 6.07) is 8.24. The molecule has 0 aromatic heterocycles. The lowest BCUT2D eigenvalue weighted by Crippen LogP contribution is -2.21. The van der Waals surface area contributed by atoms with Crippen LogP contribution < -0.4 is 10.6 Å². The van der Waals surface area contributed by atoms with Crippen LogP contribution in [0.5, 0.6) is 0 Å². The molecular weight excluding hydrogens is 212 g/mol. The summed E-state index contributed by atoms with van der Waals surface area (Å²) in [6.45, 7) is 8.36. The highest BCUT2D eigenvalue weighted by Crippen LogP contribution is 2.17. The van der Waals surface area contributed by atoms with Gasteiger partial charge in [-0.15, -0.1) is 0 Å². The van der Waals surface area contributed by atoms with Crippen molar-refractivity contribution in [2.24, 2.45) is 5.92 Å². The molecule has 3 nitrogen and oxygen atoms in total. The van der Waals surface area contributed by atoms with E-state index in [1.807, 2.05) is 31.2 Å². The fraction of sp³-hybridized carbons (Fsp3) is 0.500. The molecule has 2 N–H and O–H groups in total. The lowest BCUT2D eigenvalue weighted by atomic mass is 10.1. The molecule has 94 valence electrons. The summed E-state index contributed by atoms with van der Waals surface area (Å²) in [5.74, 6) is 0.614. The highest BCUT2D eigenvalue weighted by Gasteiger charge is 2.07. The van der Waals surface area contributed by atoms with Gasteiger partial charge in [-0.3, -0.25) is 4.79 Å². The average molecular weight is 234 g/mol. The Balaban J connectivity index is 2.69. The molecule has 1 unspecified atom stereocenters. The van der Waals surface area contributed by atoms with Crippen molar-refractivity contribution in [3.8, 4) is 0 Å². The van der Waals surface area contributed by atoms with Gasteiger partial charge in [0.1, 0.15) is 0 Å². The van der Waals surface area contributed by atoms with Gasteiger partial charge in [-0.25, -0.2) is 0 Å². The molecule has 0 bridgehead atoms. The van der Waals surface area contributed by atoms with Crippen molar-refractivity contribution >= 4 is 17.3 Å². The van der Waals surface area contributed by atoms with Gasteiger partial charge < -0.3 is 10.6 Å². The lowest BCUT2D eigenvalue weighted by molar-refractivity contribution is -0.115. The van der Waals surface area contributed by atoms with E-state index in [-0.39, 0.29) is 5.91 Å². The Bertz CT molecular complexity index is 374. The number of amides is 1. The Labute approximate surface area is 104 Å². The fourth-order valence-corrected chi connectivity index (χ4v) is 1.37. The Kier molecular flexibility index (Phi) is 5.01. The Morgan fingerprint density at radius 3 is 2.47 bits per heavy atom. The molecule has 17 heavy (non-hydrogen) atoms. The first-order valence-electron chi connectivity index (χ1n) is 6.19. The first-order valence-corrected chi connectivity index (χ1v) is 6.19. The van der Waals surface area contributed by atoms with Crippen molar-refractivity contribution in [1.29, 1.82) is 0 Å². The van der Waals surface area contributed by atoms with Crippen molar-refractivity contribution in [3.63, 3.8) is 0 Å². The quantitative estimate of drug-likeness (QED) is 0.818. The third-order valence-corrected chi connectivity index (χ3v) is 2.86. The second-order valence-electron chi connectivity index (χ2n) is 4.66. The first kappa shape index (κ1) is 13.6. The van der Waals surface area contributed by atoms with Crippen molar-refractivity contribution < 1.29 is 4.79 Å². The number of nitrogens with one attached hydrogen (secondary N) is 2. The molecule has 0 aliphatic rings. The Morgan fingerprint density at radius 2 is 1.88 bits per heavy atom. The van der Waals surface area contributed by atoms with Crippen molar-refractivity contribution in [2.45, 2.75) is 40.2 Å². The summed E-state index contributed by atoms with van der Waals surface area (Å²) in [6.07, 6.45) is 0.500. The van der Waals surface area contributed by atoms with Crippen LogP contribution in [0.25, 0.3) is 0 Å². The van der Waals surface area contributed by atoms with Crippen molar-refractivity contribution in [2.75, 3.05) is 10.6 Å². The van der Waals surface area contributed by atoms with E-state index in [2.05, 4.69) is 31.4 Å². The molecule has 1 rings (SSSR count). The number of anilines is 2. The summed E-state index contributed by atoms with van der Waals surface area (Å²) in [7, 11) is 0. The SMILES string of the molecule is CCC(=O)Nc1cccc(NC(C)C(C)C)c1. The van der Waals surface area contributed by atoms with Crippen molar-refractivity contribution in [3.05, 3.63) is 24.3 Å². The number of carbonyl (C=O) groups is 1. The van der Waals surface area contributed by atoms with Crippen LogP contribution in [0, 0.1) is 5.92 Å². The van der Waals surface area contributed by atoms with Crippen molar-refractivity contribution in [1.82, 2.24) is 0 Å². The first-order chi connectivity index (χ1) is 8.02. The van der Waals surface area contributed by atoms with Crippen LogP contribution in [0.1, 0.15) is 34.1 Å². The number of benzene rings is 1. The third-order valence-electron chi connectivity index (χ3n) is 2.86. The Hall–Kier alpha value is -1.51. The summed E-state index contributed by atoms with van der Waals surface area (Å²) < 4.78 is 0. The predicted molar refractivity (Wildman–Crippen MR) is 73.3 cm³/mol. The molecule has 0 aliphatic heterocycles. The van der Waals surface area contributed by atoms with Gasteiger partial charge in [-0.2, -0.15) is 0 Å². The van der Waals surface area contributed by atoms with Gasteiger partial charge in [-0.1, -0.05) is 26.8 Å². The zero-order valence-electron chi connectivity index (χ0n) is 11.1. The molecule has 1 aromatic carbocycles. The molecule has 0 saturated carbocycles. The minimum atomic E-state index is 0.0408. The maximum absolute atomic E-state index is 11.3. The van der Waals surface area contributed by atoms with E-state index in [1.54, 1.807) is 0 Å². The third kappa shape index (κ3) is 4.47. The van der Waals surface area contributed by atoms with Gasteiger partial charge >= 0.3 is 0 Å². The van der Waals surface area contributed by atoms with Crippen LogP contribution >= 0.6 is 0 Å². The van der Waals surface area contributed by atoms with Gasteiger partial charge in [0, 0.05) is 23.8 Å². The van der Waals surface area contributed by atoms with E-state index < -0.39 is 0 Å². The Morgan fingerprint density at radius 1 is 1.24 bits per heavy atom. The minimum absolute atomic E-state index is 0.0408. The lowest BCUT2D eigenvalue weighted by Gasteiger charge is -2.19. The van der Waals surface area contributed by atoms with Crippen LogP contribution in [-0.4, -0.2) is 11.9 Å². The zero-order valence-corrected chi connectivity index (χ0v) is 11.1. The zero-order chi connectivity index (χ0) is 12.8. The van der Waals surface area contributed by atoms with Gasteiger partial charge in [-0.05, 0) is 31.0 Å². The van der Waals surface area contributed by atoms with E-state index in [0.29, 0.717) is 18.4 Å². The number of hydrogen-bond acceptors (Lipinski definition) is 2. The molecule has 0 heterocycles. The van der Waals surface area contributed by atoms with Gasteiger partial charge in [0.2, 0.25) is 5.91 Å². The van der Waals surface area contributed by atoms with E-state index in [9.17, 15) is 4.79 Å². The molecule has 0 radical (unpaired) electrons. The molecule has 0 saturated heterocycles. The molecule has 0 fully saturated rings. The predicted octanol–water partition coefficient (Wildman–Crippen LogP) is 3.49. The summed E-state index contributed by atoms with van der Waals surface area (Å²) in [4.78, 5) is 11.3. The molecule has 0 spiro atoms. The number of hydrogen-bond donors (Lipinski definition) is 2. The molecule has 0 aliphatic carbocycles. The standard InChI is InChI=1S/C14H22N2O/c1-5-14(17)16-13-8-6-7-12(9-13)15-11(4)10(2)3/h6-11,15H,5H2,1-4H3,(H,16,17). The highest BCUT2D eigenvalue weighted by molar-refractivity contribution is 5.90. The summed E-state index contributed by atoms with van der Waals surface area (Å²) >= 11 is 0. The van der Waals surface area contributed by atoms with Crippen LogP contribution in [0.15, 0.2) is 24.3 Å². The maximum atomic E-state index is 11.3. The number of carbonyl (C=O) groups excluding carboxylic acids is 1. The summed E-state index contributed by atoms with van der Waals surface area (Å²) in [5, 5.41) is 6.28. The second kappa shape index (κ2) is 6.28. The molecule has 1 aromatic rings. The largest absolute Gasteiger partial charge is 0.382 e. The molecule has 1 amide bonds. The van der Waals surface area contributed by atoms with Crippen LogP contribution in [0.4, 0.5) is 11.4 Å². The van der Waals surface area contributed by atoms with Gasteiger partial charge in [0.25, 0.3) is 0 Å². The van der Waals surface area contributed by atoms with E-state index in [0.717, 1.165) is 11.4 Å². The van der Waals surface area contributed by atoms with Gasteiger partial charge in [0.15, 0.2) is 0 Å². The van der Waals surface area contributed by atoms with Crippen LogP contribution in [0.3, 0.4) is 0 Å². The highest BCUT2D eigenvalue weighted by atomic mass is 16.1. The summed E-state index contributed by atoms with van der Waals surface area (Å²) in [5.41, 5.74) is 1.89. The average Bonchev–Trinajstić information content (AvgIpc) is 2.29. The van der Waals surface area contributed by atoms with E-state index >= 15 is 0 Å². The smallest absolute Gasteiger partial charge is 0.224 e. The normalized spacial score (nSPS) is 12.3. The van der Waals surface area contributed by atoms with E-state index in [4.69, 9.17) is 0 Å². The fourth-order valence-electron chi connectivity index (χ4n) is 1.37. The van der Waals surface area contributed by atoms with Crippen LogP contribution in [0.2, 0.25) is 0 Å². The number of rotatable bonds is 5. The molecular formula is C14H22N2O. The minimum Gasteiger partial charge on any atom is -0.382 e. The second-order valence-corrected chi connectivity index (χ2v) is 4.66. The van der Waals surface area contributed by atoms with Crippen LogP contribution in [-0.2, 0) is 4.79 Å². The topological polar surface area (TPSA) is 41.1 Å². The maximum Gasteiger partial charge on any atom is 0.224 e. The van der Waals surface area contributed by atoms with Gasteiger partial charge in [0.05, 0.1) is 0 Å². The molecule has 1 atom stereocenters. The monoisotopic (exact) mass is 234 g/mol. The van der Waals surface area contributed by atoms with E-state index in [1.165, 1.54) is 0 Å². The molecule has 3 heteroatoms.